The van der Waals surface area contributed by atoms with Crippen LogP contribution < -0.4 is 15.0 Å². The van der Waals surface area contributed by atoms with Crippen molar-refractivity contribution in [2.75, 3.05) is 25.1 Å². The van der Waals surface area contributed by atoms with Gasteiger partial charge in [-0.3, -0.25) is 4.79 Å². The highest BCUT2D eigenvalue weighted by Gasteiger charge is 2.31. The third-order valence-corrected chi connectivity index (χ3v) is 5.51. The molecule has 0 radical (unpaired) electrons. The summed E-state index contributed by atoms with van der Waals surface area (Å²) in [5.74, 6) is 1.16. The van der Waals surface area contributed by atoms with Crippen LogP contribution in [-0.4, -0.2) is 31.1 Å². The van der Waals surface area contributed by atoms with E-state index >= 15 is 0 Å². The lowest BCUT2D eigenvalue weighted by molar-refractivity contribution is -0.137. The maximum atomic E-state index is 12.8. The number of hydrogen-bond donors (Lipinski definition) is 1. The highest BCUT2D eigenvalue weighted by molar-refractivity contribution is 5.79. The monoisotopic (exact) mass is 421 g/mol. The topological polar surface area (TPSA) is 54.5 Å². The molecule has 30 heavy (non-hydrogen) atoms. The summed E-state index contributed by atoms with van der Waals surface area (Å²) in [5.41, 5.74) is 0.266. The molecule has 2 heterocycles. The van der Waals surface area contributed by atoms with Crippen LogP contribution in [0.25, 0.3) is 0 Å². The quantitative estimate of drug-likeness (QED) is 0.741. The van der Waals surface area contributed by atoms with Crippen molar-refractivity contribution in [2.45, 2.75) is 38.4 Å². The van der Waals surface area contributed by atoms with E-state index in [1.54, 1.807) is 7.11 Å². The average Bonchev–Trinajstić information content (AvgIpc) is 2.77. The number of nitrogens with zero attached hydrogens (tertiary/aromatic N) is 2. The molecule has 8 heteroatoms. The largest absolute Gasteiger partial charge is 0.497 e. The maximum absolute atomic E-state index is 12.8. The van der Waals surface area contributed by atoms with Gasteiger partial charge in [0.25, 0.3) is 0 Å². The number of benzene rings is 1. The molecular weight excluding hydrogens is 395 g/mol. The summed E-state index contributed by atoms with van der Waals surface area (Å²) in [6.07, 6.45) is -1.50. The smallest absolute Gasteiger partial charge is 0.417 e. The van der Waals surface area contributed by atoms with Crippen molar-refractivity contribution in [1.82, 2.24) is 10.3 Å². The van der Waals surface area contributed by atoms with Crippen LogP contribution in [0.2, 0.25) is 0 Å². The Hall–Kier alpha value is -2.77. The van der Waals surface area contributed by atoms with Crippen LogP contribution >= 0.6 is 0 Å². The molecule has 1 amide bonds. The van der Waals surface area contributed by atoms with E-state index in [4.69, 9.17) is 4.74 Å². The summed E-state index contributed by atoms with van der Waals surface area (Å²) in [6, 6.07) is 10.0. The zero-order chi connectivity index (χ0) is 21.7. The molecule has 1 atom stereocenters. The van der Waals surface area contributed by atoms with Gasteiger partial charge >= 0.3 is 6.18 Å². The van der Waals surface area contributed by atoms with Crippen molar-refractivity contribution in [1.29, 1.82) is 0 Å². The van der Waals surface area contributed by atoms with Crippen molar-refractivity contribution in [3.05, 3.63) is 53.7 Å². The van der Waals surface area contributed by atoms with Gasteiger partial charge in [-0.2, -0.15) is 13.2 Å². The summed E-state index contributed by atoms with van der Waals surface area (Å²) in [5, 5.41) is 3.13. The molecule has 1 aliphatic rings. The van der Waals surface area contributed by atoms with E-state index in [0.29, 0.717) is 31.7 Å². The second-order valence-electron chi connectivity index (χ2n) is 7.41. The molecule has 0 aliphatic carbocycles. The van der Waals surface area contributed by atoms with Crippen LogP contribution in [0.5, 0.6) is 5.75 Å². The Morgan fingerprint density at radius 1 is 1.20 bits per heavy atom. The lowest BCUT2D eigenvalue weighted by Crippen LogP contribution is -2.41. The van der Waals surface area contributed by atoms with E-state index in [9.17, 15) is 18.0 Å². The SMILES string of the molecule is CCC(NC(=O)C1CCN(c2ccc(C(F)(F)F)cn2)CC1)c1ccc(OC)cc1. The Morgan fingerprint density at radius 2 is 1.87 bits per heavy atom. The van der Waals surface area contributed by atoms with Gasteiger partial charge in [0.05, 0.1) is 18.7 Å². The van der Waals surface area contributed by atoms with Gasteiger partial charge in [-0.15, -0.1) is 0 Å². The van der Waals surface area contributed by atoms with E-state index in [-0.39, 0.29) is 17.9 Å². The maximum Gasteiger partial charge on any atom is 0.417 e. The average molecular weight is 421 g/mol. The Bertz CT molecular complexity index is 830. The standard InChI is InChI=1S/C22H26F3N3O2/c1-3-19(15-4-7-18(30-2)8-5-15)27-21(29)16-10-12-28(13-11-16)20-9-6-17(14-26-20)22(23,24)25/h4-9,14,16,19H,3,10-13H2,1-2H3,(H,27,29). The molecule has 2 aromatic rings. The second kappa shape index (κ2) is 9.36. The Balaban J connectivity index is 1.55. The van der Waals surface area contributed by atoms with Gasteiger partial charge in [0.2, 0.25) is 5.91 Å². The number of ether oxygens (including phenoxy) is 1. The zero-order valence-electron chi connectivity index (χ0n) is 17.1. The number of anilines is 1. The Kier molecular flexibility index (Phi) is 6.84. The fourth-order valence-electron chi connectivity index (χ4n) is 3.66. The summed E-state index contributed by atoms with van der Waals surface area (Å²) in [4.78, 5) is 18.6. The molecule has 1 fully saturated rings. The fraction of sp³-hybridized carbons (Fsp3) is 0.455. The van der Waals surface area contributed by atoms with Crippen LogP contribution in [0.15, 0.2) is 42.6 Å². The lowest BCUT2D eigenvalue weighted by atomic mass is 9.94. The molecule has 1 saturated heterocycles. The van der Waals surface area contributed by atoms with E-state index < -0.39 is 11.7 Å². The molecule has 0 spiro atoms. The van der Waals surface area contributed by atoms with Crippen molar-refractivity contribution in [3.8, 4) is 5.75 Å². The number of rotatable bonds is 6. The number of halogens is 3. The summed E-state index contributed by atoms with van der Waals surface area (Å²) in [7, 11) is 1.61. The molecule has 1 unspecified atom stereocenters. The highest BCUT2D eigenvalue weighted by Crippen LogP contribution is 2.30. The Morgan fingerprint density at radius 3 is 2.37 bits per heavy atom. The molecule has 3 rings (SSSR count). The van der Waals surface area contributed by atoms with Gasteiger partial charge in [0.1, 0.15) is 11.6 Å². The van der Waals surface area contributed by atoms with E-state index in [2.05, 4.69) is 10.3 Å². The van der Waals surface area contributed by atoms with Gasteiger partial charge in [-0.05, 0) is 49.1 Å². The Labute approximate surface area is 174 Å². The normalized spacial score (nSPS) is 16.2. The first-order valence-electron chi connectivity index (χ1n) is 10.0. The predicted octanol–water partition coefficient (Wildman–Crippen LogP) is 4.59. The number of amides is 1. The van der Waals surface area contributed by atoms with Crippen molar-refractivity contribution in [2.24, 2.45) is 5.92 Å². The van der Waals surface area contributed by atoms with Crippen LogP contribution in [-0.2, 0) is 11.0 Å². The number of hydrogen-bond acceptors (Lipinski definition) is 4. The van der Waals surface area contributed by atoms with Crippen LogP contribution in [0, 0.1) is 5.92 Å². The van der Waals surface area contributed by atoms with Crippen LogP contribution in [0.3, 0.4) is 0 Å². The minimum atomic E-state index is -4.39. The summed E-state index contributed by atoms with van der Waals surface area (Å²) < 4.78 is 43.3. The molecule has 1 aliphatic heterocycles. The third-order valence-electron chi connectivity index (χ3n) is 5.51. The van der Waals surface area contributed by atoms with Crippen LogP contribution in [0.1, 0.15) is 43.4 Å². The predicted molar refractivity (Wildman–Crippen MR) is 108 cm³/mol. The number of nitrogens with one attached hydrogen (secondary N) is 1. The first kappa shape index (κ1) is 21.9. The highest BCUT2D eigenvalue weighted by atomic mass is 19.4. The first-order chi connectivity index (χ1) is 14.3. The number of carbonyl (C=O) groups excluding carboxylic acids is 1. The number of pyridine rings is 1. The number of alkyl halides is 3. The molecule has 0 saturated carbocycles. The van der Waals surface area contributed by atoms with Crippen molar-refractivity contribution >= 4 is 11.7 Å². The fourth-order valence-corrected chi connectivity index (χ4v) is 3.66. The van der Waals surface area contributed by atoms with Crippen molar-refractivity contribution < 1.29 is 22.7 Å². The molecule has 1 aromatic carbocycles. The van der Waals surface area contributed by atoms with Gasteiger partial charge in [0, 0.05) is 25.2 Å². The lowest BCUT2D eigenvalue weighted by Gasteiger charge is -2.33. The van der Waals surface area contributed by atoms with Gasteiger partial charge in [-0.25, -0.2) is 4.98 Å². The summed E-state index contributed by atoms with van der Waals surface area (Å²) >= 11 is 0. The van der Waals surface area contributed by atoms with Crippen molar-refractivity contribution in [3.63, 3.8) is 0 Å². The minimum Gasteiger partial charge on any atom is -0.497 e. The molecule has 1 N–H and O–H groups in total. The van der Waals surface area contributed by atoms with Gasteiger partial charge in [0.15, 0.2) is 0 Å². The molecule has 0 bridgehead atoms. The third kappa shape index (κ3) is 5.23. The number of methoxy groups -OCH3 is 1. The molecule has 5 nitrogen and oxygen atoms in total. The molecule has 162 valence electrons. The zero-order valence-corrected chi connectivity index (χ0v) is 17.1. The second-order valence-corrected chi connectivity index (χ2v) is 7.41. The molecule has 1 aromatic heterocycles. The summed E-state index contributed by atoms with van der Waals surface area (Å²) in [6.45, 7) is 3.18. The van der Waals surface area contributed by atoms with Gasteiger partial charge < -0.3 is 15.0 Å². The minimum absolute atomic E-state index is 0.0118. The van der Waals surface area contributed by atoms with Gasteiger partial charge in [-0.1, -0.05) is 19.1 Å². The first-order valence-corrected chi connectivity index (χ1v) is 10.0. The number of aromatic nitrogens is 1. The number of piperidine rings is 1. The van der Waals surface area contributed by atoms with E-state index in [1.807, 2.05) is 36.1 Å². The number of carbonyl (C=O) groups is 1. The molecular formula is C22H26F3N3O2. The van der Waals surface area contributed by atoms with E-state index in [1.165, 1.54) is 6.07 Å². The van der Waals surface area contributed by atoms with E-state index in [0.717, 1.165) is 30.0 Å². The van der Waals surface area contributed by atoms with Crippen LogP contribution in [0.4, 0.5) is 19.0 Å².